The van der Waals surface area contributed by atoms with E-state index in [1.54, 1.807) is 32.9 Å². The standard InChI is InChI=1S/C21H22N2O6/c1-5-11-21(12-8-13-22(21)19(27)28-20(2,3)4)18(26)29-23-16(24)14-9-6-7-10-15(14)17(23)25/h1,6-7,9-10H,8,11-13H2,2-4H3. The summed E-state index contributed by atoms with van der Waals surface area (Å²) in [5.74, 6) is -0.0103. The molecule has 1 aromatic carbocycles. The maximum atomic E-state index is 13.1. The molecular weight excluding hydrogens is 376 g/mol. The van der Waals surface area contributed by atoms with E-state index in [0.29, 0.717) is 11.5 Å². The molecule has 8 heteroatoms. The van der Waals surface area contributed by atoms with Gasteiger partial charge in [-0.2, -0.15) is 0 Å². The normalized spacial score (nSPS) is 21.0. The molecule has 0 saturated carbocycles. The summed E-state index contributed by atoms with van der Waals surface area (Å²) in [6, 6.07) is 6.17. The molecule has 0 aliphatic carbocycles. The Labute approximate surface area is 168 Å². The molecule has 29 heavy (non-hydrogen) atoms. The van der Waals surface area contributed by atoms with Crippen LogP contribution in [0.4, 0.5) is 4.79 Å². The lowest BCUT2D eigenvalue weighted by atomic mass is 9.92. The number of fused-ring (bicyclic) bond motifs is 1. The Kier molecular flexibility index (Phi) is 5.09. The highest BCUT2D eigenvalue weighted by molar-refractivity contribution is 6.21. The summed E-state index contributed by atoms with van der Waals surface area (Å²) in [5, 5.41) is 0.427. The van der Waals surface area contributed by atoms with Gasteiger partial charge in [0, 0.05) is 13.0 Å². The topological polar surface area (TPSA) is 93.2 Å². The van der Waals surface area contributed by atoms with Crippen LogP contribution in [0.1, 0.15) is 60.7 Å². The minimum atomic E-state index is -1.51. The van der Waals surface area contributed by atoms with E-state index in [4.69, 9.17) is 16.0 Å². The lowest BCUT2D eigenvalue weighted by Crippen LogP contribution is -2.56. The summed E-state index contributed by atoms with van der Waals surface area (Å²) in [7, 11) is 0. The number of ether oxygens (including phenoxy) is 1. The first kappa shape index (κ1) is 20.4. The van der Waals surface area contributed by atoms with Crippen molar-refractivity contribution in [2.75, 3.05) is 6.54 Å². The average molecular weight is 398 g/mol. The molecule has 0 N–H and O–H groups in total. The molecule has 3 amide bonds. The van der Waals surface area contributed by atoms with Crippen molar-refractivity contribution in [2.24, 2.45) is 0 Å². The van der Waals surface area contributed by atoms with Gasteiger partial charge in [0.25, 0.3) is 11.8 Å². The number of benzene rings is 1. The number of hydrogen-bond acceptors (Lipinski definition) is 6. The fourth-order valence-electron chi connectivity index (χ4n) is 3.52. The van der Waals surface area contributed by atoms with Crippen LogP contribution in [0.15, 0.2) is 24.3 Å². The zero-order chi connectivity index (χ0) is 21.4. The summed E-state index contributed by atoms with van der Waals surface area (Å²) in [6.07, 6.45) is 5.37. The summed E-state index contributed by atoms with van der Waals surface area (Å²) >= 11 is 0. The van der Waals surface area contributed by atoms with Gasteiger partial charge in [-0.1, -0.05) is 17.2 Å². The van der Waals surface area contributed by atoms with Crippen molar-refractivity contribution in [2.45, 2.75) is 51.2 Å². The first-order valence-electron chi connectivity index (χ1n) is 9.25. The quantitative estimate of drug-likeness (QED) is 0.574. The molecule has 2 aliphatic heterocycles. The predicted octanol–water partition coefficient (Wildman–Crippen LogP) is 2.53. The number of rotatable bonds is 3. The molecule has 1 saturated heterocycles. The lowest BCUT2D eigenvalue weighted by molar-refractivity contribution is -0.181. The number of likely N-dealkylation sites (tertiary alicyclic amines) is 1. The van der Waals surface area contributed by atoms with Gasteiger partial charge in [0.2, 0.25) is 0 Å². The largest absolute Gasteiger partial charge is 0.444 e. The second kappa shape index (κ2) is 7.24. The van der Waals surface area contributed by atoms with Crippen LogP contribution < -0.4 is 0 Å². The zero-order valence-corrected chi connectivity index (χ0v) is 16.6. The number of hydrogen-bond donors (Lipinski definition) is 0. The van der Waals surface area contributed by atoms with Crippen molar-refractivity contribution < 1.29 is 28.8 Å². The monoisotopic (exact) mass is 398 g/mol. The molecule has 1 fully saturated rings. The highest BCUT2D eigenvalue weighted by Crippen LogP contribution is 2.36. The van der Waals surface area contributed by atoms with Gasteiger partial charge in [-0.05, 0) is 45.7 Å². The number of carbonyl (C=O) groups excluding carboxylic acids is 4. The first-order valence-corrected chi connectivity index (χ1v) is 9.25. The maximum Gasteiger partial charge on any atom is 0.411 e. The SMILES string of the molecule is C#CCC1(C(=O)ON2C(=O)c3ccccc3C2=O)CCCN1C(=O)OC(C)(C)C. The highest BCUT2D eigenvalue weighted by Gasteiger charge is 2.54. The number of carbonyl (C=O) groups is 4. The van der Waals surface area contributed by atoms with E-state index in [1.807, 2.05) is 0 Å². The van der Waals surface area contributed by atoms with Crippen LogP contribution in [0.5, 0.6) is 0 Å². The van der Waals surface area contributed by atoms with Crippen LogP contribution in [0.25, 0.3) is 0 Å². The molecule has 0 bridgehead atoms. The molecule has 0 radical (unpaired) electrons. The average Bonchev–Trinajstić information content (AvgIpc) is 3.17. The van der Waals surface area contributed by atoms with E-state index in [9.17, 15) is 19.2 Å². The maximum absolute atomic E-state index is 13.1. The third-order valence-electron chi connectivity index (χ3n) is 4.81. The second-order valence-electron chi connectivity index (χ2n) is 7.98. The molecule has 1 unspecified atom stereocenters. The van der Waals surface area contributed by atoms with Crippen molar-refractivity contribution in [3.8, 4) is 12.3 Å². The van der Waals surface area contributed by atoms with Crippen LogP contribution in [0.3, 0.4) is 0 Å². The molecule has 152 valence electrons. The number of terminal acetylenes is 1. The summed E-state index contributed by atoms with van der Waals surface area (Å²) in [6.45, 7) is 5.37. The summed E-state index contributed by atoms with van der Waals surface area (Å²) < 4.78 is 5.40. The Bertz CT molecular complexity index is 891. The van der Waals surface area contributed by atoms with Gasteiger partial charge >= 0.3 is 12.1 Å². The molecule has 3 rings (SSSR count). The first-order chi connectivity index (χ1) is 13.6. The minimum Gasteiger partial charge on any atom is -0.444 e. The van der Waals surface area contributed by atoms with E-state index < -0.39 is 35.0 Å². The van der Waals surface area contributed by atoms with E-state index in [-0.39, 0.29) is 30.5 Å². The number of hydroxylamine groups is 2. The van der Waals surface area contributed by atoms with Crippen molar-refractivity contribution in [1.29, 1.82) is 0 Å². The van der Waals surface area contributed by atoms with E-state index in [0.717, 1.165) is 0 Å². The predicted molar refractivity (Wildman–Crippen MR) is 101 cm³/mol. The summed E-state index contributed by atoms with van der Waals surface area (Å²) in [4.78, 5) is 57.3. The molecule has 1 atom stereocenters. The van der Waals surface area contributed by atoms with Crippen molar-refractivity contribution >= 4 is 23.9 Å². The highest BCUT2D eigenvalue weighted by atomic mass is 16.7. The van der Waals surface area contributed by atoms with Crippen molar-refractivity contribution in [1.82, 2.24) is 9.96 Å². The molecule has 0 aromatic heterocycles. The third kappa shape index (κ3) is 3.56. The molecule has 2 aliphatic rings. The van der Waals surface area contributed by atoms with Crippen LogP contribution in [0.2, 0.25) is 0 Å². The van der Waals surface area contributed by atoms with Gasteiger partial charge in [-0.15, -0.1) is 12.3 Å². The summed E-state index contributed by atoms with van der Waals surface area (Å²) in [5.41, 5.74) is -1.99. The Morgan fingerprint density at radius 1 is 1.17 bits per heavy atom. The third-order valence-corrected chi connectivity index (χ3v) is 4.81. The van der Waals surface area contributed by atoms with E-state index in [2.05, 4.69) is 5.92 Å². The Balaban J connectivity index is 1.87. The molecular formula is C21H22N2O6. The van der Waals surface area contributed by atoms with Gasteiger partial charge in [0.05, 0.1) is 11.1 Å². The lowest BCUT2D eigenvalue weighted by Gasteiger charge is -2.36. The fraction of sp³-hybridized carbons (Fsp3) is 0.429. The number of nitrogens with zero attached hydrogens (tertiary/aromatic N) is 2. The molecule has 2 heterocycles. The van der Waals surface area contributed by atoms with Crippen molar-refractivity contribution in [3.63, 3.8) is 0 Å². The smallest absolute Gasteiger partial charge is 0.411 e. The van der Waals surface area contributed by atoms with Crippen molar-refractivity contribution in [3.05, 3.63) is 35.4 Å². The number of amides is 3. The Morgan fingerprint density at radius 3 is 2.28 bits per heavy atom. The fourth-order valence-corrected chi connectivity index (χ4v) is 3.52. The van der Waals surface area contributed by atoms with Crippen LogP contribution >= 0.6 is 0 Å². The van der Waals surface area contributed by atoms with Crippen LogP contribution in [-0.4, -0.2) is 51.5 Å². The number of imide groups is 1. The molecule has 0 spiro atoms. The zero-order valence-electron chi connectivity index (χ0n) is 16.6. The van der Waals surface area contributed by atoms with Gasteiger partial charge in [-0.25, -0.2) is 9.59 Å². The van der Waals surface area contributed by atoms with Gasteiger partial charge < -0.3 is 9.57 Å². The van der Waals surface area contributed by atoms with Crippen LogP contribution in [0, 0.1) is 12.3 Å². The van der Waals surface area contributed by atoms with Crippen LogP contribution in [-0.2, 0) is 14.4 Å². The minimum absolute atomic E-state index is 0.131. The Hall–Kier alpha value is -3.34. The second-order valence-corrected chi connectivity index (χ2v) is 7.98. The van der Waals surface area contributed by atoms with Gasteiger partial charge in [0.15, 0.2) is 5.54 Å². The van der Waals surface area contributed by atoms with Gasteiger partial charge in [-0.3, -0.25) is 14.5 Å². The van der Waals surface area contributed by atoms with Gasteiger partial charge in [0.1, 0.15) is 5.60 Å². The van der Waals surface area contributed by atoms with E-state index >= 15 is 0 Å². The molecule has 8 nitrogen and oxygen atoms in total. The van der Waals surface area contributed by atoms with E-state index in [1.165, 1.54) is 17.0 Å². The Morgan fingerprint density at radius 2 is 1.76 bits per heavy atom. The molecule has 1 aromatic rings.